The van der Waals surface area contributed by atoms with Gasteiger partial charge in [0.1, 0.15) is 12.4 Å². The fourth-order valence-electron chi connectivity index (χ4n) is 1.24. The normalized spacial score (nSPS) is 10.1. The van der Waals surface area contributed by atoms with Gasteiger partial charge in [0.2, 0.25) is 0 Å². The van der Waals surface area contributed by atoms with Gasteiger partial charge >= 0.3 is 0 Å². The molecule has 2 heterocycles. The summed E-state index contributed by atoms with van der Waals surface area (Å²) in [6.07, 6.45) is 5.08. The Labute approximate surface area is 93.6 Å². The molecule has 0 aliphatic rings. The van der Waals surface area contributed by atoms with E-state index in [0.717, 1.165) is 5.56 Å². The summed E-state index contributed by atoms with van der Waals surface area (Å²) in [4.78, 5) is 8.01. The van der Waals surface area contributed by atoms with Crippen molar-refractivity contribution in [3.8, 4) is 5.75 Å². The maximum Gasteiger partial charge on any atom is 0.138 e. The van der Waals surface area contributed by atoms with E-state index >= 15 is 0 Å². The largest absolute Gasteiger partial charge is 0.487 e. The second-order valence-electron chi connectivity index (χ2n) is 3.29. The molecule has 1 N–H and O–H groups in total. The van der Waals surface area contributed by atoms with Crippen molar-refractivity contribution in [1.82, 2.24) is 9.97 Å². The molecule has 4 nitrogen and oxygen atoms in total. The molecular weight excluding hydrogens is 204 g/mol. The van der Waals surface area contributed by atoms with Crippen molar-refractivity contribution in [3.05, 3.63) is 54.1 Å². The van der Waals surface area contributed by atoms with Crippen LogP contribution in [0.25, 0.3) is 0 Å². The predicted octanol–water partition coefficient (Wildman–Crippen LogP) is 1.55. The van der Waals surface area contributed by atoms with Gasteiger partial charge in [-0.2, -0.15) is 0 Å². The van der Waals surface area contributed by atoms with Crippen molar-refractivity contribution in [3.63, 3.8) is 0 Å². The van der Waals surface area contributed by atoms with E-state index in [2.05, 4.69) is 9.97 Å². The third-order valence-electron chi connectivity index (χ3n) is 2.09. The second-order valence-corrected chi connectivity index (χ2v) is 3.29. The molecule has 0 aliphatic carbocycles. The number of pyridine rings is 2. The number of aliphatic hydroxyl groups is 1. The van der Waals surface area contributed by atoms with Crippen molar-refractivity contribution in [1.29, 1.82) is 0 Å². The van der Waals surface area contributed by atoms with Gasteiger partial charge in [0.25, 0.3) is 0 Å². The standard InChI is InChI=1S/C12H12N2O2/c15-8-11-3-4-12(7-14-11)16-9-10-2-1-5-13-6-10/h1-7,15H,8-9H2. The monoisotopic (exact) mass is 216 g/mol. The van der Waals surface area contributed by atoms with E-state index in [9.17, 15) is 0 Å². The van der Waals surface area contributed by atoms with Gasteiger partial charge in [0.15, 0.2) is 0 Å². The quantitative estimate of drug-likeness (QED) is 0.842. The number of aliphatic hydroxyl groups excluding tert-OH is 1. The van der Waals surface area contributed by atoms with Gasteiger partial charge in [-0.05, 0) is 18.2 Å². The van der Waals surface area contributed by atoms with E-state index in [1.165, 1.54) is 0 Å². The minimum Gasteiger partial charge on any atom is -0.487 e. The van der Waals surface area contributed by atoms with Crippen LogP contribution in [0, 0.1) is 0 Å². The highest BCUT2D eigenvalue weighted by Gasteiger charge is 1.97. The first-order chi connectivity index (χ1) is 7.88. The fourth-order valence-corrected chi connectivity index (χ4v) is 1.24. The first kappa shape index (κ1) is 10.6. The van der Waals surface area contributed by atoms with Crippen molar-refractivity contribution >= 4 is 0 Å². The molecule has 0 radical (unpaired) electrons. The van der Waals surface area contributed by atoms with Crippen LogP contribution in [0.5, 0.6) is 5.75 Å². The number of rotatable bonds is 4. The van der Waals surface area contributed by atoms with E-state index in [1.54, 1.807) is 30.7 Å². The van der Waals surface area contributed by atoms with Crippen LogP contribution in [0.2, 0.25) is 0 Å². The zero-order valence-electron chi connectivity index (χ0n) is 8.71. The Kier molecular flexibility index (Phi) is 3.46. The van der Waals surface area contributed by atoms with Crippen LogP contribution in [0.15, 0.2) is 42.9 Å². The highest BCUT2D eigenvalue weighted by molar-refractivity contribution is 5.20. The Morgan fingerprint density at radius 2 is 2.12 bits per heavy atom. The van der Waals surface area contributed by atoms with Crippen LogP contribution in [-0.2, 0) is 13.2 Å². The molecular formula is C12H12N2O2. The molecule has 0 aliphatic heterocycles. The molecule has 0 unspecified atom stereocenters. The highest BCUT2D eigenvalue weighted by Crippen LogP contribution is 2.11. The van der Waals surface area contributed by atoms with Crippen LogP contribution >= 0.6 is 0 Å². The van der Waals surface area contributed by atoms with E-state index in [4.69, 9.17) is 9.84 Å². The molecule has 0 bridgehead atoms. The van der Waals surface area contributed by atoms with Gasteiger partial charge in [-0.25, -0.2) is 0 Å². The summed E-state index contributed by atoms with van der Waals surface area (Å²) < 4.78 is 5.51. The zero-order chi connectivity index (χ0) is 11.2. The first-order valence-corrected chi connectivity index (χ1v) is 4.96. The lowest BCUT2D eigenvalue weighted by Crippen LogP contribution is -1.97. The third kappa shape index (κ3) is 2.77. The molecule has 0 fully saturated rings. The topological polar surface area (TPSA) is 55.2 Å². The van der Waals surface area contributed by atoms with Gasteiger partial charge in [-0.15, -0.1) is 0 Å². The van der Waals surface area contributed by atoms with E-state index < -0.39 is 0 Å². The maximum absolute atomic E-state index is 8.82. The third-order valence-corrected chi connectivity index (χ3v) is 2.09. The molecule has 4 heteroatoms. The lowest BCUT2D eigenvalue weighted by atomic mass is 10.3. The number of hydrogen-bond acceptors (Lipinski definition) is 4. The van der Waals surface area contributed by atoms with E-state index in [1.807, 2.05) is 12.1 Å². The summed E-state index contributed by atoms with van der Waals surface area (Å²) in [6.45, 7) is 0.414. The second kappa shape index (κ2) is 5.23. The summed E-state index contributed by atoms with van der Waals surface area (Å²) in [5, 5.41) is 8.82. The molecule has 2 aromatic rings. The molecule has 0 saturated heterocycles. The van der Waals surface area contributed by atoms with Crippen LogP contribution in [-0.4, -0.2) is 15.1 Å². The maximum atomic E-state index is 8.82. The Morgan fingerprint density at radius 3 is 2.75 bits per heavy atom. The van der Waals surface area contributed by atoms with Gasteiger partial charge in [-0.3, -0.25) is 9.97 Å². The Balaban J connectivity index is 1.94. The molecule has 2 rings (SSSR count). The molecule has 0 amide bonds. The van der Waals surface area contributed by atoms with Crippen molar-refractivity contribution < 1.29 is 9.84 Å². The SMILES string of the molecule is OCc1ccc(OCc2cccnc2)cn1. The van der Waals surface area contributed by atoms with Gasteiger partial charge < -0.3 is 9.84 Å². The lowest BCUT2D eigenvalue weighted by molar-refractivity contribution is 0.275. The molecule has 0 spiro atoms. The Hall–Kier alpha value is -1.94. The van der Waals surface area contributed by atoms with Gasteiger partial charge in [0.05, 0.1) is 18.5 Å². The minimum absolute atomic E-state index is 0.0527. The van der Waals surface area contributed by atoms with E-state index in [-0.39, 0.29) is 6.61 Å². The number of ether oxygens (including phenoxy) is 1. The summed E-state index contributed by atoms with van der Waals surface area (Å²) in [6, 6.07) is 7.34. The summed E-state index contributed by atoms with van der Waals surface area (Å²) in [5.41, 5.74) is 1.64. The fraction of sp³-hybridized carbons (Fsp3) is 0.167. The average Bonchev–Trinajstić information content (AvgIpc) is 2.38. The number of aromatic nitrogens is 2. The molecule has 0 aromatic carbocycles. The average molecular weight is 216 g/mol. The molecule has 82 valence electrons. The number of nitrogens with zero attached hydrogens (tertiary/aromatic N) is 2. The summed E-state index contributed by atoms with van der Waals surface area (Å²) in [7, 11) is 0. The Morgan fingerprint density at radius 1 is 1.19 bits per heavy atom. The van der Waals surface area contributed by atoms with Crippen molar-refractivity contribution in [2.45, 2.75) is 13.2 Å². The molecule has 2 aromatic heterocycles. The highest BCUT2D eigenvalue weighted by atomic mass is 16.5. The predicted molar refractivity (Wildman–Crippen MR) is 58.7 cm³/mol. The van der Waals surface area contributed by atoms with Gasteiger partial charge in [-0.1, -0.05) is 6.07 Å². The van der Waals surface area contributed by atoms with Crippen molar-refractivity contribution in [2.75, 3.05) is 0 Å². The molecule has 0 saturated carbocycles. The molecule has 16 heavy (non-hydrogen) atoms. The molecule has 0 atom stereocenters. The minimum atomic E-state index is -0.0527. The smallest absolute Gasteiger partial charge is 0.138 e. The van der Waals surface area contributed by atoms with Crippen LogP contribution in [0.3, 0.4) is 0 Å². The zero-order valence-corrected chi connectivity index (χ0v) is 8.71. The van der Waals surface area contributed by atoms with Crippen LogP contribution in [0.4, 0.5) is 0 Å². The van der Waals surface area contributed by atoms with E-state index in [0.29, 0.717) is 18.1 Å². The summed E-state index contributed by atoms with van der Waals surface area (Å²) >= 11 is 0. The van der Waals surface area contributed by atoms with Crippen LogP contribution < -0.4 is 4.74 Å². The first-order valence-electron chi connectivity index (χ1n) is 4.96. The summed E-state index contributed by atoms with van der Waals surface area (Å²) in [5.74, 6) is 0.682. The van der Waals surface area contributed by atoms with Gasteiger partial charge in [0, 0.05) is 18.0 Å². The lowest BCUT2D eigenvalue weighted by Gasteiger charge is -2.05. The Bertz CT molecular complexity index is 429. The van der Waals surface area contributed by atoms with Crippen LogP contribution in [0.1, 0.15) is 11.3 Å². The number of hydrogen-bond donors (Lipinski definition) is 1. The van der Waals surface area contributed by atoms with Crippen molar-refractivity contribution in [2.24, 2.45) is 0 Å².